The van der Waals surface area contributed by atoms with Crippen molar-refractivity contribution in [2.75, 3.05) is 13.2 Å². The number of hydrogen-bond donors (Lipinski definition) is 1. The number of nitrogens with one attached hydrogen (secondary N) is 1. The Bertz CT molecular complexity index is 451. The highest BCUT2D eigenvalue weighted by Gasteiger charge is 2.22. The van der Waals surface area contributed by atoms with Crippen LogP contribution in [0.4, 0.5) is 0 Å². The number of carbonyl (C=O) groups excluding carboxylic acids is 1. The minimum absolute atomic E-state index is 0.0543. The molecule has 0 aromatic heterocycles. The van der Waals surface area contributed by atoms with Gasteiger partial charge in [0.2, 0.25) is 0 Å². The maximum Gasteiger partial charge on any atom is 0.252 e. The molecule has 2 rings (SSSR count). The second-order valence-electron chi connectivity index (χ2n) is 5.77. The molecule has 1 unspecified atom stereocenters. The standard InChI is InChI=1S/C15H21NO3/c1-15(2,3)19-10-12-9-18-8-11-6-4-5-7-13(11)14(17)16-12/h4-7,12H,8-10H2,1-3H3,(H,16,17). The van der Waals surface area contributed by atoms with Crippen LogP contribution in [0.2, 0.25) is 0 Å². The van der Waals surface area contributed by atoms with Gasteiger partial charge in [0.25, 0.3) is 5.91 Å². The molecule has 0 bridgehead atoms. The van der Waals surface area contributed by atoms with E-state index in [-0.39, 0.29) is 17.6 Å². The Morgan fingerprint density at radius 2 is 2.11 bits per heavy atom. The molecule has 1 aliphatic rings. The second-order valence-corrected chi connectivity index (χ2v) is 5.77. The molecule has 1 aliphatic heterocycles. The molecule has 0 fully saturated rings. The van der Waals surface area contributed by atoms with Crippen molar-refractivity contribution >= 4 is 5.91 Å². The summed E-state index contributed by atoms with van der Waals surface area (Å²) in [4.78, 5) is 12.2. The van der Waals surface area contributed by atoms with Crippen LogP contribution in [0.25, 0.3) is 0 Å². The summed E-state index contributed by atoms with van der Waals surface area (Å²) in [7, 11) is 0. The zero-order valence-electron chi connectivity index (χ0n) is 11.7. The molecule has 4 heteroatoms. The Labute approximate surface area is 114 Å². The molecule has 0 saturated carbocycles. The molecule has 1 aromatic carbocycles. The number of ether oxygens (including phenoxy) is 2. The summed E-state index contributed by atoms with van der Waals surface area (Å²) >= 11 is 0. The average molecular weight is 263 g/mol. The van der Waals surface area contributed by atoms with E-state index in [2.05, 4.69) is 5.32 Å². The van der Waals surface area contributed by atoms with Gasteiger partial charge in [-0.1, -0.05) is 18.2 Å². The second kappa shape index (κ2) is 5.72. The summed E-state index contributed by atoms with van der Waals surface area (Å²) in [6, 6.07) is 7.40. The molecule has 19 heavy (non-hydrogen) atoms. The van der Waals surface area contributed by atoms with Crippen LogP contribution < -0.4 is 5.32 Å². The summed E-state index contributed by atoms with van der Waals surface area (Å²) in [5.41, 5.74) is 1.39. The summed E-state index contributed by atoms with van der Waals surface area (Å²) < 4.78 is 11.3. The molecule has 1 heterocycles. The van der Waals surface area contributed by atoms with Crippen molar-refractivity contribution in [1.82, 2.24) is 5.32 Å². The van der Waals surface area contributed by atoms with Crippen LogP contribution in [0, 0.1) is 0 Å². The van der Waals surface area contributed by atoms with Crippen LogP contribution in [-0.4, -0.2) is 30.8 Å². The highest BCUT2D eigenvalue weighted by molar-refractivity contribution is 5.95. The maximum atomic E-state index is 12.2. The first-order valence-electron chi connectivity index (χ1n) is 6.56. The monoisotopic (exact) mass is 263 g/mol. The van der Waals surface area contributed by atoms with Gasteiger partial charge in [0.15, 0.2) is 0 Å². The van der Waals surface area contributed by atoms with E-state index in [0.29, 0.717) is 25.4 Å². The molecule has 1 aromatic rings. The number of hydrogen-bond acceptors (Lipinski definition) is 3. The van der Waals surface area contributed by atoms with Gasteiger partial charge in [0.1, 0.15) is 0 Å². The average Bonchev–Trinajstić information content (AvgIpc) is 2.33. The summed E-state index contributed by atoms with van der Waals surface area (Å²) in [6.07, 6.45) is 0. The number of fused-ring (bicyclic) bond motifs is 1. The van der Waals surface area contributed by atoms with Crippen molar-refractivity contribution in [3.05, 3.63) is 35.4 Å². The molecule has 0 radical (unpaired) electrons. The SMILES string of the molecule is CC(C)(C)OCC1COCc2ccccc2C(=O)N1. The zero-order chi connectivity index (χ0) is 13.9. The van der Waals surface area contributed by atoms with Gasteiger partial charge >= 0.3 is 0 Å². The van der Waals surface area contributed by atoms with Crippen LogP contribution in [-0.2, 0) is 16.1 Å². The van der Waals surface area contributed by atoms with Gasteiger partial charge in [0, 0.05) is 5.56 Å². The molecule has 1 N–H and O–H groups in total. The Balaban J connectivity index is 2.04. The van der Waals surface area contributed by atoms with Gasteiger partial charge < -0.3 is 14.8 Å². The van der Waals surface area contributed by atoms with Gasteiger partial charge in [0.05, 0.1) is 31.5 Å². The smallest absolute Gasteiger partial charge is 0.252 e. The van der Waals surface area contributed by atoms with Gasteiger partial charge in [-0.05, 0) is 32.4 Å². The van der Waals surface area contributed by atoms with Gasteiger partial charge in [-0.25, -0.2) is 0 Å². The quantitative estimate of drug-likeness (QED) is 0.889. The summed E-state index contributed by atoms with van der Waals surface area (Å²) in [5.74, 6) is -0.0543. The minimum Gasteiger partial charge on any atom is -0.375 e. The lowest BCUT2D eigenvalue weighted by molar-refractivity contribution is -0.0296. The Morgan fingerprint density at radius 3 is 2.84 bits per heavy atom. The van der Waals surface area contributed by atoms with Crippen molar-refractivity contribution < 1.29 is 14.3 Å². The molecular formula is C15H21NO3. The maximum absolute atomic E-state index is 12.2. The number of amides is 1. The van der Waals surface area contributed by atoms with E-state index >= 15 is 0 Å². The predicted molar refractivity (Wildman–Crippen MR) is 73.1 cm³/mol. The molecule has 4 nitrogen and oxygen atoms in total. The Kier molecular flexibility index (Phi) is 4.22. The summed E-state index contributed by atoms with van der Waals surface area (Å²) in [6.45, 7) is 7.37. The largest absolute Gasteiger partial charge is 0.375 e. The van der Waals surface area contributed by atoms with E-state index in [4.69, 9.17) is 9.47 Å². The van der Waals surface area contributed by atoms with Gasteiger partial charge in [-0.3, -0.25) is 4.79 Å². The van der Waals surface area contributed by atoms with Crippen LogP contribution in [0.3, 0.4) is 0 Å². The Morgan fingerprint density at radius 1 is 1.37 bits per heavy atom. The molecule has 0 spiro atoms. The van der Waals surface area contributed by atoms with Crippen molar-refractivity contribution in [1.29, 1.82) is 0 Å². The third-order valence-corrected chi connectivity index (χ3v) is 2.89. The predicted octanol–water partition coefficient (Wildman–Crippen LogP) is 2.13. The van der Waals surface area contributed by atoms with Crippen LogP contribution in [0.1, 0.15) is 36.7 Å². The lowest BCUT2D eigenvalue weighted by Gasteiger charge is -2.27. The third-order valence-electron chi connectivity index (χ3n) is 2.89. The highest BCUT2D eigenvalue weighted by atomic mass is 16.5. The summed E-state index contributed by atoms with van der Waals surface area (Å²) in [5, 5.41) is 2.96. The van der Waals surface area contributed by atoms with Gasteiger partial charge in [-0.2, -0.15) is 0 Å². The first-order valence-corrected chi connectivity index (χ1v) is 6.56. The van der Waals surface area contributed by atoms with E-state index in [1.807, 2.05) is 45.0 Å². The first kappa shape index (κ1) is 14.0. The molecule has 0 saturated heterocycles. The van der Waals surface area contributed by atoms with E-state index in [1.165, 1.54) is 0 Å². The normalized spacial score (nSPS) is 20.2. The van der Waals surface area contributed by atoms with Crippen LogP contribution in [0.15, 0.2) is 24.3 Å². The topological polar surface area (TPSA) is 47.6 Å². The van der Waals surface area contributed by atoms with E-state index in [0.717, 1.165) is 5.56 Å². The number of benzene rings is 1. The molecule has 0 aliphatic carbocycles. The minimum atomic E-state index is -0.217. The lowest BCUT2D eigenvalue weighted by atomic mass is 10.1. The van der Waals surface area contributed by atoms with Crippen LogP contribution >= 0.6 is 0 Å². The fourth-order valence-electron chi connectivity index (χ4n) is 1.92. The lowest BCUT2D eigenvalue weighted by Crippen LogP contribution is -2.44. The molecule has 104 valence electrons. The van der Waals surface area contributed by atoms with Crippen molar-refractivity contribution in [2.24, 2.45) is 0 Å². The first-order chi connectivity index (χ1) is 8.96. The Hall–Kier alpha value is -1.39. The van der Waals surface area contributed by atoms with Crippen molar-refractivity contribution in [3.8, 4) is 0 Å². The zero-order valence-corrected chi connectivity index (χ0v) is 11.7. The van der Waals surface area contributed by atoms with E-state index in [1.54, 1.807) is 0 Å². The molecule has 1 atom stereocenters. The molecular weight excluding hydrogens is 242 g/mol. The molecule has 1 amide bonds. The van der Waals surface area contributed by atoms with Crippen molar-refractivity contribution in [3.63, 3.8) is 0 Å². The van der Waals surface area contributed by atoms with E-state index in [9.17, 15) is 4.79 Å². The van der Waals surface area contributed by atoms with Crippen LogP contribution in [0.5, 0.6) is 0 Å². The van der Waals surface area contributed by atoms with Gasteiger partial charge in [-0.15, -0.1) is 0 Å². The highest BCUT2D eigenvalue weighted by Crippen LogP contribution is 2.14. The fraction of sp³-hybridized carbons (Fsp3) is 0.533. The fourth-order valence-corrected chi connectivity index (χ4v) is 1.92. The third kappa shape index (κ3) is 4.04. The number of rotatable bonds is 2. The van der Waals surface area contributed by atoms with E-state index < -0.39 is 0 Å². The van der Waals surface area contributed by atoms with Crippen molar-refractivity contribution in [2.45, 2.75) is 39.0 Å². The number of carbonyl (C=O) groups is 1.